The van der Waals surface area contributed by atoms with Gasteiger partial charge in [-0.2, -0.15) is 0 Å². The van der Waals surface area contributed by atoms with E-state index < -0.39 is 0 Å². The molecule has 0 aromatic rings. The summed E-state index contributed by atoms with van der Waals surface area (Å²) in [6.07, 6.45) is 1.78. The molecule has 0 bridgehead atoms. The van der Waals surface area contributed by atoms with Gasteiger partial charge in [0, 0.05) is 19.5 Å². The average molecular weight is 155 g/mol. The highest BCUT2D eigenvalue weighted by molar-refractivity contribution is 6.36. The van der Waals surface area contributed by atoms with Gasteiger partial charge in [0.05, 0.1) is 0 Å². The zero-order valence-electron chi connectivity index (χ0n) is 6.96. The molecule has 1 fully saturated rings. The molecule has 1 aliphatic heterocycles. The van der Waals surface area contributed by atoms with Crippen LogP contribution in [0.3, 0.4) is 0 Å². The molecule has 0 saturated carbocycles. The molecule has 0 aromatic heterocycles. The van der Waals surface area contributed by atoms with Crippen molar-refractivity contribution in [3.63, 3.8) is 0 Å². The number of hydrogen-bond donors (Lipinski definition) is 0. The smallest absolute Gasteiger partial charge is 0.289 e. The lowest BCUT2D eigenvalue weighted by atomic mass is 10.0. The lowest BCUT2D eigenvalue weighted by molar-refractivity contribution is -0.144. The molecule has 0 aliphatic carbocycles. The molecule has 0 spiro atoms. The molecule has 1 heterocycles. The number of amides is 1. The van der Waals surface area contributed by atoms with Gasteiger partial charge in [-0.15, -0.1) is 0 Å². The molecule has 1 aliphatic rings. The Morgan fingerprint density at radius 1 is 1.45 bits per heavy atom. The molecule has 3 heteroatoms. The van der Waals surface area contributed by atoms with Crippen molar-refractivity contribution in [2.24, 2.45) is 5.92 Å². The maximum absolute atomic E-state index is 11.2. The number of nitrogens with zero attached hydrogens (tertiary/aromatic N) is 1. The number of ketones is 1. The van der Waals surface area contributed by atoms with E-state index in [4.69, 9.17) is 0 Å². The van der Waals surface area contributed by atoms with E-state index >= 15 is 0 Å². The predicted molar refractivity (Wildman–Crippen MR) is 41.0 cm³/mol. The fourth-order valence-corrected chi connectivity index (χ4v) is 1.27. The van der Waals surface area contributed by atoms with Crippen LogP contribution in [0, 0.1) is 5.92 Å². The highest BCUT2D eigenvalue weighted by Crippen LogP contribution is 2.13. The Morgan fingerprint density at radius 3 is 2.73 bits per heavy atom. The van der Waals surface area contributed by atoms with Gasteiger partial charge < -0.3 is 4.90 Å². The van der Waals surface area contributed by atoms with E-state index in [1.54, 1.807) is 7.05 Å². The standard InChI is InChI=1S/C8H13NO2/c1-6-4-3-5-9(2)8(11)7(6)10/h6H,3-5H2,1-2H3. The summed E-state index contributed by atoms with van der Waals surface area (Å²) in [6.45, 7) is 2.54. The van der Waals surface area contributed by atoms with Crippen molar-refractivity contribution < 1.29 is 9.59 Å². The van der Waals surface area contributed by atoms with Gasteiger partial charge in [-0.3, -0.25) is 9.59 Å². The van der Waals surface area contributed by atoms with Crippen LogP contribution >= 0.6 is 0 Å². The van der Waals surface area contributed by atoms with Gasteiger partial charge in [0.2, 0.25) is 5.78 Å². The van der Waals surface area contributed by atoms with Crippen molar-refractivity contribution in [2.45, 2.75) is 19.8 Å². The van der Waals surface area contributed by atoms with Crippen molar-refractivity contribution in [3.8, 4) is 0 Å². The summed E-state index contributed by atoms with van der Waals surface area (Å²) in [5, 5.41) is 0. The molecule has 1 rings (SSSR count). The molecule has 0 N–H and O–H groups in total. The first-order valence-electron chi connectivity index (χ1n) is 3.92. The molecule has 0 aromatic carbocycles. The zero-order chi connectivity index (χ0) is 8.43. The normalized spacial score (nSPS) is 27.1. The fraction of sp³-hybridized carbons (Fsp3) is 0.750. The SMILES string of the molecule is CC1CCCN(C)C(=O)C1=O. The number of Topliss-reactive ketones (excluding diaryl/α,β-unsaturated/α-hetero) is 1. The third kappa shape index (κ3) is 1.59. The first-order chi connectivity index (χ1) is 5.13. The third-order valence-electron chi connectivity index (χ3n) is 2.14. The highest BCUT2D eigenvalue weighted by Gasteiger charge is 2.26. The van der Waals surface area contributed by atoms with Crippen molar-refractivity contribution in [3.05, 3.63) is 0 Å². The van der Waals surface area contributed by atoms with E-state index in [9.17, 15) is 9.59 Å². The number of likely N-dealkylation sites (N-methyl/N-ethyl adjacent to an activating group) is 1. The van der Waals surface area contributed by atoms with Crippen LogP contribution in [-0.2, 0) is 9.59 Å². The van der Waals surface area contributed by atoms with Gasteiger partial charge in [-0.1, -0.05) is 6.92 Å². The molecular weight excluding hydrogens is 142 g/mol. The van der Waals surface area contributed by atoms with Crippen LogP contribution in [0.15, 0.2) is 0 Å². The highest BCUT2D eigenvalue weighted by atomic mass is 16.2. The minimum Gasteiger partial charge on any atom is -0.339 e. The average Bonchev–Trinajstić information content (AvgIpc) is 2.07. The minimum atomic E-state index is -0.324. The monoisotopic (exact) mass is 155 g/mol. The second-order valence-corrected chi connectivity index (χ2v) is 3.13. The molecule has 1 unspecified atom stereocenters. The summed E-state index contributed by atoms with van der Waals surface area (Å²) in [7, 11) is 1.68. The van der Waals surface area contributed by atoms with Crippen LogP contribution in [0.1, 0.15) is 19.8 Å². The number of carbonyl (C=O) groups excluding carboxylic acids is 2. The van der Waals surface area contributed by atoms with Gasteiger partial charge in [0.1, 0.15) is 0 Å². The van der Waals surface area contributed by atoms with Crippen LogP contribution in [-0.4, -0.2) is 30.2 Å². The molecule has 1 saturated heterocycles. The molecule has 1 atom stereocenters. The van der Waals surface area contributed by atoms with Crippen LogP contribution in [0.2, 0.25) is 0 Å². The fourth-order valence-electron chi connectivity index (χ4n) is 1.27. The summed E-state index contributed by atoms with van der Waals surface area (Å²) in [5.74, 6) is -0.632. The second-order valence-electron chi connectivity index (χ2n) is 3.13. The number of likely N-dealkylation sites (tertiary alicyclic amines) is 1. The van der Waals surface area contributed by atoms with Crippen LogP contribution in [0.4, 0.5) is 0 Å². The molecule has 1 amide bonds. The lowest BCUT2D eigenvalue weighted by Crippen LogP contribution is -2.33. The van der Waals surface area contributed by atoms with E-state index in [1.807, 2.05) is 6.92 Å². The number of carbonyl (C=O) groups is 2. The Kier molecular flexibility index (Phi) is 2.27. The summed E-state index contributed by atoms with van der Waals surface area (Å²) >= 11 is 0. The van der Waals surface area contributed by atoms with E-state index in [1.165, 1.54) is 4.90 Å². The van der Waals surface area contributed by atoms with E-state index in [0.29, 0.717) is 0 Å². The predicted octanol–water partition coefficient (Wildman–Crippen LogP) is 0.444. The first kappa shape index (κ1) is 8.24. The van der Waals surface area contributed by atoms with Gasteiger partial charge in [-0.05, 0) is 12.8 Å². The Labute approximate surface area is 66.4 Å². The van der Waals surface area contributed by atoms with Gasteiger partial charge in [-0.25, -0.2) is 0 Å². The van der Waals surface area contributed by atoms with Crippen molar-refractivity contribution >= 4 is 11.7 Å². The second kappa shape index (κ2) is 3.03. The van der Waals surface area contributed by atoms with Crippen LogP contribution < -0.4 is 0 Å². The van der Waals surface area contributed by atoms with Gasteiger partial charge in [0.25, 0.3) is 5.91 Å². The van der Waals surface area contributed by atoms with Crippen molar-refractivity contribution in [1.82, 2.24) is 4.90 Å². The van der Waals surface area contributed by atoms with Gasteiger partial charge >= 0.3 is 0 Å². The van der Waals surface area contributed by atoms with E-state index in [0.717, 1.165) is 19.4 Å². The van der Waals surface area contributed by atoms with E-state index in [2.05, 4.69) is 0 Å². The number of rotatable bonds is 0. The number of hydrogen-bond acceptors (Lipinski definition) is 2. The Bertz CT molecular complexity index is 169. The van der Waals surface area contributed by atoms with Gasteiger partial charge in [0.15, 0.2) is 0 Å². The van der Waals surface area contributed by atoms with E-state index in [-0.39, 0.29) is 17.6 Å². The maximum Gasteiger partial charge on any atom is 0.289 e. The summed E-state index contributed by atoms with van der Waals surface area (Å²) in [6, 6.07) is 0. The largest absolute Gasteiger partial charge is 0.339 e. The Hall–Kier alpha value is -0.860. The third-order valence-corrected chi connectivity index (χ3v) is 2.14. The summed E-state index contributed by atoms with van der Waals surface area (Å²) < 4.78 is 0. The van der Waals surface area contributed by atoms with Crippen LogP contribution in [0.25, 0.3) is 0 Å². The lowest BCUT2D eigenvalue weighted by Gasteiger charge is -2.11. The summed E-state index contributed by atoms with van der Waals surface area (Å²) in [4.78, 5) is 23.8. The molecule has 11 heavy (non-hydrogen) atoms. The van der Waals surface area contributed by atoms with Crippen molar-refractivity contribution in [2.75, 3.05) is 13.6 Å². The molecular formula is C8H13NO2. The molecule has 0 radical (unpaired) electrons. The first-order valence-corrected chi connectivity index (χ1v) is 3.92. The zero-order valence-corrected chi connectivity index (χ0v) is 6.96. The molecule has 62 valence electrons. The van der Waals surface area contributed by atoms with Crippen LogP contribution in [0.5, 0.6) is 0 Å². The summed E-state index contributed by atoms with van der Waals surface area (Å²) in [5.41, 5.74) is 0. The maximum atomic E-state index is 11.2. The Morgan fingerprint density at radius 2 is 2.09 bits per heavy atom. The topological polar surface area (TPSA) is 37.4 Å². The molecule has 3 nitrogen and oxygen atoms in total. The minimum absolute atomic E-state index is 0.0764. The quantitative estimate of drug-likeness (QED) is 0.476. The Balaban J connectivity index is 2.74. The van der Waals surface area contributed by atoms with Crippen molar-refractivity contribution in [1.29, 1.82) is 0 Å².